The topological polar surface area (TPSA) is 87.0 Å². The zero-order valence-electron chi connectivity index (χ0n) is 21.6. The van der Waals surface area contributed by atoms with E-state index in [9.17, 15) is 0 Å². The lowest BCUT2D eigenvalue weighted by atomic mass is 10.0. The maximum absolute atomic E-state index is 8.88. The molecule has 3 N–H and O–H groups in total. The molecule has 1 rings (SSSR count). The zero-order chi connectivity index (χ0) is 24.8. The van der Waals surface area contributed by atoms with Crippen LogP contribution >= 0.6 is 7.82 Å². The Balaban J connectivity index is 0.00000184. The average molecular weight is 487 g/mol. The second kappa shape index (κ2) is 21.6. The fourth-order valence-electron chi connectivity index (χ4n) is 3.91. The number of benzene rings is 1. The molecule has 0 saturated carbocycles. The van der Waals surface area contributed by atoms with Gasteiger partial charge in [0.25, 0.3) is 0 Å². The summed E-state index contributed by atoms with van der Waals surface area (Å²) in [5, 5.41) is 0. The van der Waals surface area contributed by atoms with Crippen molar-refractivity contribution in [3.63, 3.8) is 0 Å². The van der Waals surface area contributed by atoms with Gasteiger partial charge in [-0.2, -0.15) is 0 Å². The van der Waals surface area contributed by atoms with Crippen LogP contribution in [0.1, 0.15) is 128 Å². The highest BCUT2D eigenvalue weighted by Crippen LogP contribution is 2.26. The summed E-state index contributed by atoms with van der Waals surface area (Å²) in [6.45, 7) is 7.64. The van der Waals surface area contributed by atoms with Crippen LogP contribution < -0.4 is 4.74 Å². The van der Waals surface area contributed by atoms with Crippen LogP contribution in [0.4, 0.5) is 0 Å². The molecule has 1 aromatic carbocycles. The van der Waals surface area contributed by atoms with E-state index < -0.39 is 7.82 Å². The largest absolute Gasteiger partial charge is 0.493 e. The minimum atomic E-state index is -4.64. The molecular formula is C27H51O5P. The van der Waals surface area contributed by atoms with Crippen LogP contribution in [0.3, 0.4) is 0 Å². The van der Waals surface area contributed by atoms with E-state index in [1.165, 1.54) is 120 Å². The van der Waals surface area contributed by atoms with Crippen LogP contribution in [0, 0.1) is 6.92 Å². The highest BCUT2D eigenvalue weighted by atomic mass is 31.2. The lowest BCUT2D eigenvalue weighted by Crippen LogP contribution is -2.01. The quantitative estimate of drug-likeness (QED) is 0.135. The third-order valence-corrected chi connectivity index (χ3v) is 5.77. The Kier molecular flexibility index (Phi) is 21.1. The van der Waals surface area contributed by atoms with Crippen molar-refractivity contribution < 1.29 is 24.0 Å². The predicted molar refractivity (Wildman–Crippen MR) is 140 cm³/mol. The minimum Gasteiger partial charge on any atom is -0.493 e. The van der Waals surface area contributed by atoms with Gasteiger partial charge in [-0.15, -0.1) is 0 Å². The van der Waals surface area contributed by atoms with E-state index in [2.05, 4.69) is 39.0 Å². The first-order valence-electron chi connectivity index (χ1n) is 13.3. The third kappa shape index (κ3) is 24.1. The first-order valence-corrected chi connectivity index (χ1v) is 14.8. The number of rotatable bonds is 19. The van der Waals surface area contributed by atoms with Crippen molar-refractivity contribution in [1.29, 1.82) is 0 Å². The Labute approximate surface area is 203 Å². The molecule has 0 fully saturated rings. The smallest absolute Gasteiger partial charge is 0.466 e. The summed E-state index contributed by atoms with van der Waals surface area (Å²) < 4.78 is 15.0. The highest BCUT2D eigenvalue weighted by molar-refractivity contribution is 7.45. The van der Waals surface area contributed by atoms with E-state index in [1.54, 1.807) is 0 Å². The molecule has 0 unspecified atom stereocenters. The van der Waals surface area contributed by atoms with Gasteiger partial charge in [-0.05, 0) is 37.8 Å². The van der Waals surface area contributed by atoms with Crippen molar-refractivity contribution in [3.05, 3.63) is 29.3 Å². The molecule has 194 valence electrons. The van der Waals surface area contributed by atoms with E-state index in [4.69, 9.17) is 24.0 Å². The third-order valence-electron chi connectivity index (χ3n) is 5.77. The fraction of sp³-hybridized carbons (Fsp3) is 0.778. The summed E-state index contributed by atoms with van der Waals surface area (Å²) in [7, 11) is -4.64. The van der Waals surface area contributed by atoms with Crippen LogP contribution in [0.25, 0.3) is 0 Å². The van der Waals surface area contributed by atoms with Crippen molar-refractivity contribution in [3.8, 4) is 5.75 Å². The molecule has 0 heterocycles. The van der Waals surface area contributed by atoms with Crippen LogP contribution in [-0.2, 0) is 11.0 Å². The van der Waals surface area contributed by atoms with Gasteiger partial charge in [0.15, 0.2) is 0 Å². The van der Waals surface area contributed by atoms with Crippen LogP contribution in [0.2, 0.25) is 0 Å². The molecule has 0 spiro atoms. The first kappa shape index (κ1) is 32.1. The molecule has 0 radical (unpaired) electrons. The Morgan fingerprint density at radius 1 is 0.697 bits per heavy atom. The lowest BCUT2D eigenvalue weighted by molar-refractivity contribution is 0.275. The summed E-state index contributed by atoms with van der Waals surface area (Å²) >= 11 is 0. The van der Waals surface area contributed by atoms with Crippen LogP contribution in [-0.4, -0.2) is 21.3 Å². The summed E-state index contributed by atoms with van der Waals surface area (Å²) in [4.78, 5) is 21.6. The SMILES string of the molecule is CCCCCCCCCCOc1ccc(C)cc1CCCCCCCCCC.O=P(O)(O)O. The van der Waals surface area contributed by atoms with Gasteiger partial charge in [0.2, 0.25) is 0 Å². The van der Waals surface area contributed by atoms with Gasteiger partial charge in [-0.1, -0.05) is 121 Å². The van der Waals surface area contributed by atoms with Gasteiger partial charge in [0, 0.05) is 0 Å². The fourth-order valence-corrected chi connectivity index (χ4v) is 3.91. The van der Waals surface area contributed by atoms with E-state index in [1.807, 2.05) is 0 Å². The van der Waals surface area contributed by atoms with Gasteiger partial charge in [-0.25, -0.2) is 4.57 Å². The molecule has 0 bridgehead atoms. The number of phosphoric acid groups is 1. The highest BCUT2D eigenvalue weighted by Gasteiger charge is 2.05. The van der Waals surface area contributed by atoms with Gasteiger partial charge in [0.1, 0.15) is 5.75 Å². The zero-order valence-corrected chi connectivity index (χ0v) is 22.5. The normalized spacial score (nSPS) is 11.2. The lowest BCUT2D eigenvalue weighted by Gasteiger charge is -2.13. The average Bonchev–Trinajstić information content (AvgIpc) is 2.74. The summed E-state index contributed by atoms with van der Waals surface area (Å²) in [6.07, 6.45) is 23.1. The maximum atomic E-state index is 8.88. The maximum Gasteiger partial charge on any atom is 0.466 e. The molecule has 33 heavy (non-hydrogen) atoms. The van der Waals surface area contributed by atoms with Crippen molar-refractivity contribution in [2.75, 3.05) is 6.61 Å². The second-order valence-corrected chi connectivity index (χ2v) is 10.2. The summed E-state index contributed by atoms with van der Waals surface area (Å²) in [5.41, 5.74) is 2.78. The van der Waals surface area contributed by atoms with Gasteiger partial charge in [-0.3, -0.25) is 0 Å². The molecule has 5 nitrogen and oxygen atoms in total. The van der Waals surface area contributed by atoms with Crippen LogP contribution in [0.5, 0.6) is 5.75 Å². The Bertz CT molecular complexity index is 606. The monoisotopic (exact) mass is 486 g/mol. The number of ether oxygens (including phenoxy) is 1. The van der Waals surface area contributed by atoms with Gasteiger partial charge >= 0.3 is 7.82 Å². The molecule has 0 aliphatic rings. The molecule has 0 atom stereocenters. The summed E-state index contributed by atoms with van der Waals surface area (Å²) in [5.74, 6) is 1.14. The standard InChI is InChI=1S/C27H48O.H3O4P/c1-4-6-8-10-12-14-16-18-20-26-24-25(3)21-22-27(26)28-23-19-17-15-13-11-9-7-5-2;1-5(2,3)4/h21-22,24H,4-20,23H2,1-3H3;(H3,1,2,3,4). The molecular weight excluding hydrogens is 435 g/mol. The molecule has 1 aromatic rings. The number of aryl methyl sites for hydroxylation is 2. The Hall–Kier alpha value is -0.870. The minimum absolute atomic E-state index is 0.877. The van der Waals surface area contributed by atoms with E-state index in [0.717, 1.165) is 12.4 Å². The summed E-state index contributed by atoms with van der Waals surface area (Å²) in [6, 6.07) is 6.73. The Morgan fingerprint density at radius 2 is 1.12 bits per heavy atom. The number of unbranched alkanes of at least 4 members (excludes halogenated alkanes) is 14. The van der Waals surface area contributed by atoms with Crippen molar-refractivity contribution >= 4 is 7.82 Å². The van der Waals surface area contributed by atoms with Crippen molar-refractivity contribution in [2.24, 2.45) is 0 Å². The molecule has 0 aliphatic carbocycles. The Morgan fingerprint density at radius 3 is 1.61 bits per heavy atom. The van der Waals surface area contributed by atoms with Crippen molar-refractivity contribution in [2.45, 2.75) is 130 Å². The van der Waals surface area contributed by atoms with Gasteiger partial charge < -0.3 is 19.4 Å². The molecule has 0 aliphatic heterocycles. The molecule has 0 aromatic heterocycles. The van der Waals surface area contributed by atoms with Crippen LogP contribution in [0.15, 0.2) is 18.2 Å². The van der Waals surface area contributed by atoms with Gasteiger partial charge in [0.05, 0.1) is 6.61 Å². The number of hydrogen-bond donors (Lipinski definition) is 3. The second-order valence-electron chi connectivity index (χ2n) is 9.17. The van der Waals surface area contributed by atoms with E-state index in [-0.39, 0.29) is 0 Å². The molecule has 0 amide bonds. The first-order chi connectivity index (χ1) is 15.8. The predicted octanol–water partition coefficient (Wildman–Crippen LogP) is 8.27. The van der Waals surface area contributed by atoms with E-state index in [0.29, 0.717) is 0 Å². The van der Waals surface area contributed by atoms with E-state index >= 15 is 0 Å². The van der Waals surface area contributed by atoms with Crippen molar-refractivity contribution in [1.82, 2.24) is 0 Å². The molecule has 0 saturated heterocycles. The number of hydrogen-bond acceptors (Lipinski definition) is 2. The molecule has 6 heteroatoms.